The summed E-state index contributed by atoms with van der Waals surface area (Å²) in [5.74, 6) is 0.659. The maximum Gasteiger partial charge on any atom is 0.277 e. The first-order valence-corrected chi connectivity index (χ1v) is 8.22. The fourth-order valence-corrected chi connectivity index (χ4v) is 5.59. The number of nitrogens with one attached hydrogen (secondary N) is 1. The van der Waals surface area contributed by atoms with Crippen LogP contribution in [-0.2, 0) is 4.74 Å². The zero-order chi connectivity index (χ0) is 15.6. The Hall–Kier alpha value is -1.73. The second kappa shape index (κ2) is 4.17. The van der Waals surface area contributed by atoms with Crippen LogP contribution in [0.2, 0.25) is 5.02 Å². The minimum Gasteiger partial charge on any atom is -0.327 e. The Morgan fingerprint density at radius 2 is 2.14 bits per heavy atom. The molecule has 4 atom stereocenters. The van der Waals surface area contributed by atoms with Gasteiger partial charge in [0.15, 0.2) is 10.8 Å². The molecule has 4 rings (SSSR count). The van der Waals surface area contributed by atoms with Gasteiger partial charge in [0.05, 0.1) is 18.7 Å². The number of benzene rings is 1. The van der Waals surface area contributed by atoms with E-state index in [9.17, 15) is 10.5 Å². The maximum absolute atomic E-state index is 9.98. The minimum atomic E-state index is -1.11. The Morgan fingerprint density at radius 3 is 2.73 bits per heavy atom. The molecule has 3 aliphatic rings. The minimum absolute atomic E-state index is 0.302. The van der Waals surface area contributed by atoms with Crippen LogP contribution < -0.4 is 10.7 Å². The number of fused-ring (bicyclic) bond motifs is 2. The standard InChI is InChI=1S/C15H11ClN4OS/c16-10-4-2-1-3-9(10)11-13(7-17)12(19)20-15(14(11,13)8-18)21-5-6-22-15/h1-4,11H,5-6H2,(H2,19,20)/p+1/t11-,13-,14-,15-/m1/s1. The van der Waals surface area contributed by atoms with Crippen molar-refractivity contribution in [2.24, 2.45) is 16.6 Å². The van der Waals surface area contributed by atoms with Gasteiger partial charge in [-0.2, -0.15) is 10.5 Å². The van der Waals surface area contributed by atoms with Crippen LogP contribution in [0.1, 0.15) is 11.5 Å². The highest BCUT2D eigenvalue weighted by atomic mass is 35.5. The van der Waals surface area contributed by atoms with Crippen LogP contribution in [-0.4, -0.2) is 23.3 Å². The number of hydrogen-bond acceptors (Lipinski definition) is 5. The first kappa shape index (κ1) is 13.9. The highest BCUT2D eigenvalue weighted by Crippen LogP contribution is 2.81. The third kappa shape index (κ3) is 1.20. The number of rotatable bonds is 1. The van der Waals surface area contributed by atoms with Crippen molar-refractivity contribution in [2.75, 3.05) is 12.4 Å². The summed E-state index contributed by atoms with van der Waals surface area (Å²) >= 11 is 7.81. The lowest BCUT2D eigenvalue weighted by atomic mass is 9.95. The van der Waals surface area contributed by atoms with E-state index in [1.165, 1.54) is 11.8 Å². The van der Waals surface area contributed by atoms with E-state index in [0.29, 0.717) is 17.5 Å². The number of ether oxygens (including phenoxy) is 1. The lowest BCUT2D eigenvalue weighted by Gasteiger charge is -2.23. The van der Waals surface area contributed by atoms with Crippen LogP contribution in [0.3, 0.4) is 0 Å². The number of thioether (sulfide) groups is 1. The second-order valence-electron chi connectivity index (χ2n) is 5.65. The molecule has 1 aromatic rings. The van der Waals surface area contributed by atoms with Gasteiger partial charge in [-0.15, -0.1) is 0 Å². The summed E-state index contributed by atoms with van der Waals surface area (Å²) in [7, 11) is 0. The predicted octanol–water partition coefficient (Wildman–Crippen LogP) is 0.326. The van der Waals surface area contributed by atoms with E-state index in [1.807, 2.05) is 18.2 Å². The van der Waals surface area contributed by atoms with Gasteiger partial charge in [-0.05, 0) is 11.6 Å². The first-order chi connectivity index (χ1) is 10.6. The Morgan fingerprint density at radius 1 is 1.36 bits per heavy atom. The number of halogens is 1. The van der Waals surface area contributed by atoms with Gasteiger partial charge in [-0.1, -0.05) is 41.6 Å². The summed E-state index contributed by atoms with van der Waals surface area (Å²) in [5, 5.41) is 19.4. The van der Waals surface area contributed by atoms with Crippen molar-refractivity contribution in [3.05, 3.63) is 34.9 Å². The summed E-state index contributed by atoms with van der Waals surface area (Å²) in [6, 6.07) is 11.9. The molecule has 2 aliphatic heterocycles. The molecule has 0 unspecified atom stereocenters. The van der Waals surface area contributed by atoms with Gasteiger partial charge in [0.25, 0.3) is 10.9 Å². The lowest BCUT2D eigenvalue weighted by molar-refractivity contribution is -0.583. The topological polar surface area (TPSA) is 96.8 Å². The average Bonchev–Trinajstić information content (AvgIpc) is 2.76. The largest absolute Gasteiger partial charge is 0.327 e. The molecule has 5 nitrogen and oxygen atoms in total. The molecule has 2 heterocycles. The Labute approximate surface area is 136 Å². The number of nitrogens with zero attached hydrogens (tertiary/aromatic N) is 2. The van der Waals surface area contributed by atoms with Crippen LogP contribution in [0.4, 0.5) is 0 Å². The van der Waals surface area contributed by atoms with Crippen LogP contribution in [0.15, 0.2) is 24.3 Å². The first-order valence-electron chi connectivity index (χ1n) is 6.85. The van der Waals surface area contributed by atoms with Gasteiger partial charge in [-0.3, -0.25) is 5.73 Å². The number of amidine groups is 1. The molecule has 7 heteroatoms. The SMILES string of the molecule is N#C[C@@]12[C@H](c3ccccc3Cl)[C@]1(C#N)C(N)=[NH+][C@@]21OCCS1. The van der Waals surface area contributed by atoms with E-state index in [4.69, 9.17) is 22.1 Å². The third-order valence-corrected chi connectivity index (χ3v) is 6.57. The van der Waals surface area contributed by atoms with E-state index in [-0.39, 0.29) is 0 Å². The fraction of sp³-hybridized carbons (Fsp3) is 0.400. The summed E-state index contributed by atoms with van der Waals surface area (Å²) in [6.45, 7) is 0.519. The second-order valence-corrected chi connectivity index (χ2v) is 7.33. The molecule has 0 radical (unpaired) electrons. The summed E-state index contributed by atoms with van der Waals surface area (Å²) < 4.78 is 5.87. The molecule has 1 saturated carbocycles. The molecule has 1 saturated heterocycles. The van der Waals surface area contributed by atoms with Crippen molar-refractivity contribution in [3.8, 4) is 12.1 Å². The van der Waals surface area contributed by atoms with Crippen LogP contribution in [0.5, 0.6) is 0 Å². The molecule has 1 aromatic carbocycles. The maximum atomic E-state index is 9.98. The Balaban J connectivity index is 1.97. The van der Waals surface area contributed by atoms with Gasteiger partial charge >= 0.3 is 0 Å². The highest BCUT2D eigenvalue weighted by molar-refractivity contribution is 8.00. The summed E-state index contributed by atoms with van der Waals surface area (Å²) in [5.41, 5.74) is 4.75. The summed E-state index contributed by atoms with van der Waals surface area (Å²) in [4.78, 5) is 3.08. The van der Waals surface area contributed by atoms with Gasteiger partial charge in [0, 0.05) is 16.7 Å². The van der Waals surface area contributed by atoms with Crippen LogP contribution in [0.25, 0.3) is 0 Å². The number of nitrogens with two attached hydrogens (primary N) is 1. The quantitative estimate of drug-likeness (QED) is 0.772. The van der Waals surface area contributed by atoms with Crippen molar-refractivity contribution < 1.29 is 9.73 Å². The van der Waals surface area contributed by atoms with E-state index >= 15 is 0 Å². The van der Waals surface area contributed by atoms with E-state index in [1.54, 1.807) is 6.07 Å². The van der Waals surface area contributed by atoms with Gasteiger partial charge in [-0.25, -0.2) is 4.99 Å². The average molecular weight is 332 g/mol. The van der Waals surface area contributed by atoms with Crippen molar-refractivity contribution in [2.45, 2.75) is 11.0 Å². The Bertz CT molecular complexity index is 791. The molecule has 1 spiro atoms. The molecular formula is C15H12ClN4OS+. The lowest BCUT2D eigenvalue weighted by Crippen LogP contribution is -2.88. The Kier molecular flexibility index (Phi) is 2.64. The molecule has 0 bridgehead atoms. The number of hydrogen-bond donors (Lipinski definition) is 2. The predicted molar refractivity (Wildman–Crippen MR) is 81.6 cm³/mol. The van der Waals surface area contributed by atoms with Gasteiger partial charge in [0.1, 0.15) is 0 Å². The van der Waals surface area contributed by atoms with Gasteiger partial charge in [0.2, 0.25) is 0 Å². The molecule has 110 valence electrons. The summed E-state index contributed by atoms with van der Waals surface area (Å²) in [6.07, 6.45) is 0. The van der Waals surface area contributed by atoms with Crippen molar-refractivity contribution in [1.29, 1.82) is 10.5 Å². The van der Waals surface area contributed by atoms with E-state index in [2.05, 4.69) is 17.1 Å². The van der Waals surface area contributed by atoms with Crippen molar-refractivity contribution in [3.63, 3.8) is 0 Å². The molecule has 3 N–H and O–H groups in total. The zero-order valence-corrected chi connectivity index (χ0v) is 13.0. The van der Waals surface area contributed by atoms with Crippen LogP contribution >= 0.6 is 23.4 Å². The molecule has 22 heavy (non-hydrogen) atoms. The molecule has 2 fully saturated rings. The van der Waals surface area contributed by atoms with Crippen molar-refractivity contribution in [1.82, 2.24) is 0 Å². The van der Waals surface area contributed by atoms with Crippen molar-refractivity contribution >= 4 is 29.2 Å². The molecule has 1 aliphatic carbocycles. The molecule has 0 aromatic heterocycles. The monoisotopic (exact) mass is 331 g/mol. The number of nitriles is 2. The normalized spacial score (nSPS) is 41.6. The van der Waals surface area contributed by atoms with E-state index in [0.717, 1.165) is 11.3 Å². The smallest absolute Gasteiger partial charge is 0.277 e. The van der Waals surface area contributed by atoms with Crippen LogP contribution in [0, 0.1) is 33.5 Å². The van der Waals surface area contributed by atoms with Gasteiger partial charge < -0.3 is 4.74 Å². The zero-order valence-electron chi connectivity index (χ0n) is 11.5. The third-order valence-electron chi connectivity index (χ3n) is 4.91. The fourth-order valence-electron chi connectivity index (χ4n) is 3.99. The highest BCUT2D eigenvalue weighted by Gasteiger charge is 2.96. The van der Waals surface area contributed by atoms with E-state index < -0.39 is 21.8 Å². The molecule has 0 amide bonds. The molecular weight excluding hydrogens is 320 g/mol.